The van der Waals surface area contributed by atoms with Crippen LogP contribution in [0.25, 0.3) is 10.9 Å². The number of fused-ring (bicyclic) bond motifs is 1. The van der Waals surface area contributed by atoms with Gasteiger partial charge in [0.15, 0.2) is 0 Å². The quantitative estimate of drug-likeness (QED) is 0.729. The number of aliphatic hydroxyl groups is 1. The van der Waals surface area contributed by atoms with E-state index in [1.807, 2.05) is 24.4 Å². The second-order valence-electron chi connectivity index (χ2n) is 6.85. The number of rotatable bonds is 5. The van der Waals surface area contributed by atoms with Gasteiger partial charge in [-0.1, -0.05) is 19.8 Å². The minimum Gasteiger partial charge on any atom is -0.388 e. The maximum atomic E-state index is 12.1. The first-order valence-corrected chi connectivity index (χ1v) is 8.91. The number of aryl methyl sites for hydroxylation is 1. The smallest absolute Gasteiger partial charge is 0.313 e. The molecular formula is C19H25N3O3. The van der Waals surface area contributed by atoms with Crippen molar-refractivity contribution in [1.82, 2.24) is 9.88 Å². The van der Waals surface area contributed by atoms with Crippen molar-refractivity contribution in [2.75, 3.05) is 11.9 Å². The number of carbonyl (C=O) groups is 2. The predicted molar refractivity (Wildman–Crippen MR) is 97.3 cm³/mol. The van der Waals surface area contributed by atoms with E-state index in [0.717, 1.165) is 36.7 Å². The van der Waals surface area contributed by atoms with Crippen molar-refractivity contribution in [3.8, 4) is 0 Å². The molecular weight excluding hydrogens is 318 g/mol. The Hall–Kier alpha value is -2.34. The molecule has 3 N–H and O–H groups in total. The monoisotopic (exact) mass is 343 g/mol. The van der Waals surface area contributed by atoms with Crippen LogP contribution in [0.4, 0.5) is 5.69 Å². The van der Waals surface area contributed by atoms with E-state index in [4.69, 9.17) is 0 Å². The summed E-state index contributed by atoms with van der Waals surface area (Å²) in [6, 6.07) is 7.59. The molecule has 0 aliphatic heterocycles. The number of hydrogen-bond acceptors (Lipinski definition) is 3. The molecule has 0 spiro atoms. The third-order valence-corrected chi connectivity index (χ3v) is 4.81. The highest BCUT2D eigenvalue weighted by atomic mass is 16.3. The molecule has 6 heteroatoms. The Kier molecular flexibility index (Phi) is 5.08. The molecule has 0 bridgehead atoms. The van der Waals surface area contributed by atoms with Gasteiger partial charge in [-0.15, -0.1) is 0 Å². The van der Waals surface area contributed by atoms with Crippen LogP contribution in [0.15, 0.2) is 30.5 Å². The Morgan fingerprint density at radius 3 is 2.68 bits per heavy atom. The van der Waals surface area contributed by atoms with Crippen molar-refractivity contribution in [1.29, 1.82) is 0 Å². The summed E-state index contributed by atoms with van der Waals surface area (Å²) < 4.78 is 2.16. The summed E-state index contributed by atoms with van der Waals surface area (Å²) in [5.74, 6) is -1.43. The summed E-state index contributed by atoms with van der Waals surface area (Å²) in [5.41, 5.74) is 0.825. The number of anilines is 1. The number of hydrogen-bond donors (Lipinski definition) is 3. The van der Waals surface area contributed by atoms with E-state index in [1.54, 1.807) is 6.07 Å². The normalized spacial score (nSPS) is 16.1. The van der Waals surface area contributed by atoms with Gasteiger partial charge in [0.05, 0.1) is 5.60 Å². The topological polar surface area (TPSA) is 83.4 Å². The van der Waals surface area contributed by atoms with Crippen LogP contribution in [0, 0.1) is 0 Å². The molecule has 2 aromatic rings. The maximum absolute atomic E-state index is 12.1. The summed E-state index contributed by atoms with van der Waals surface area (Å²) in [5, 5.41) is 16.4. The highest BCUT2D eigenvalue weighted by Gasteiger charge is 2.32. The molecule has 0 atom stereocenters. The van der Waals surface area contributed by atoms with Crippen molar-refractivity contribution in [3.63, 3.8) is 0 Å². The second kappa shape index (κ2) is 7.27. The van der Waals surface area contributed by atoms with Crippen molar-refractivity contribution < 1.29 is 14.7 Å². The summed E-state index contributed by atoms with van der Waals surface area (Å²) in [7, 11) is 0. The molecule has 3 rings (SSSR count). The van der Waals surface area contributed by atoms with Crippen LogP contribution in [0.2, 0.25) is 0 Å². The van der Waals surface area contributed by atoms with Gasteiger partial charge in [-0.2, -0.15) is 0 Å². The standard InChI is InChI=1S/C19H25N3O3/c1-2-10-22-11-7-14-12-15(5-6-16(14)22)21-18(24)17(23)20-13-19(25)8-3-4-9-19/h5-7,11-12,25H,2-4,8-10,13H2,1H3,(H,20,23)(H,21,24). The molecule has 6 nitrogen and oxygen atoms in total. The van der Waals surface area contributed by atoms with Gasteiger partial charge >= 0.3 is 11.8 Å². The molecule has 1 fully saturated rings. The Morgan fingerprint density at radius 1 is 1.20 bits per heavy atom. The predicted octanol–water partition coefficient (Wildman–Crippen LogP) is 2.41. The second-order valence-corrected chi connectivity index (χ2v) is 6.85. The molecule has 1 aliphatic carbocycles. The molecule has 1 aromatic heterocycles. The first-order chi connectivity index (χ1) is 12.0. The van der Waals surface area contributed by atoms with E-state index in [9.17, 15) is 14.7 Å². The highest BCUT2D eigenvalue weighted by Crippen LogP contribution is 2.28. The maximum Gasteiger partial charge on any atom is 0.313 e. The number of benzene rings is 1. The van der Waals surface area contributed by atoms with Crippen LogP contribution in [0.1, 0.15) is 39.0 Å². The van der Waals surface area contributed by atoms with Gasteiger partial charge in [0, 0.05) is 35.9 Å². The van der Waals surface area contributed by atoms with E-state index in [1.165, 1.54) is 0 Å². The molecule has 2 amide bonds. The van der Waals surface area contributed by atoms with Gasteiger partial charge in [-0.25, -0.2) is 0 Å². The van der Waals surface area contributed by atoms with Crippen LogP contribution in [-0.2, 0) is 16.1 Å². The lowest BCUT2D eigenvalue weighted by Gasteiger charge is -2.22. The van der Waals surface area contributed by atoms with Crippen LogP contribution in [0.5, 0.6) is 0 Å². The molecule has 134 valence electrons. The third-order valence-electron chi connectivity index (χ3n) is 4.81. The summed E-state index contributed by atoms with van der Waals surface area (Å²) in [4.78, 5) is 24.0. The average molecular weight is 343 g/mol. The Morgan fingerprint density at radius 2 is 1.96 bits per heavy atom. The third kappa shape index (κ3) is 4.02. The molecule has 1 aromatic carbocycles. The molecule has 25 heavy (non-hydrogen) atoms. The van der Waals surface area contributed by atoms with E-state index in [2.05, 4.69) is 22.1 Å². The van der Waals surface area contributed by atoms with Gasteiger partial charge in [-0.3, -0.25) is 9.59 Å². The fourth-order valence-corrected chi connectivity index (χ4v) is 3.44. The zero-order chi connectivity index (χ0) is 17.9. The van der Waals surface area contributed by atoms with Crippen molar-refractivity contribution >= 4 is 28.4 Å². The minimum absolute atomic E-state index is 0.123. The lowest BCUT2D eigenvalue weighted by atomic mass is 10.0. The first-order valence-electron chi connectivity index (χ1n) is 8.91. The summed E-state index contributed by atoms with van der Waals surface area (Å²) >= 11 is 0. The summed E-state index contributed by atoms with van der Waals surface area (Å²) in [6.07, 6.45) is 6.32. The van der Waals surface area contributed by atoms with Gasteiger partial charge in [0.25, 0.3) is 0 Å². The Bertz CT molecular complexity index is 775. The van der Waals surface area contributed by atoms with Gasteiger partial charge in [-0.05, 0) is 43.5 Å². The lowest BCUT2D eigenvalue weighted by Crippen LogP contribution is -2.44. The van der Waals surface area contributed by atoms with Crippen LogP contribution < -0.4 is 10.6 Å². The summed E-state index contributed by atoms with van der Waals surface area (Å²) in [6.45, 7) is 3.19. The van der Waals surface area contributed by atoms with Crippen LogP contribution >= 0.6 is 0 Å². The minimum atomic E-state index is -0.864. The van der Waals surface area contributed by atoms with Crippen molar-refractivity contribution in [3.05, 3.63) is 30.5 Å². The SMILES string of the molecule is CCCn1ccc2cc(NC(=O)C(=O)NCC3(O)CCCC3)ccc21. The van der Waals surface area contributed by atoms with Gasteiger partial charge < -0.3 is 20.3 Å². The molecule has 0 radical (unpaired) electrons. The highest BCUT2D eigenvalue weighted by molar-refractivity contribution is 6.39. The Labute approximate surface area is 147 Å². The lowest BCUT2D eigenvalue weighted by molar-refractivity contribution is -0.136. The fourth-order valence-electron chi connectivity index (χ4n) is 3.44. The van der Waals surface area contributed by atoms with Crippen LogP contribution in [0.3, 0.4) is 0 Å². The van der Waals surface area contributed by atoms with Crippen molar-refractivity contribution in [2.24, 2.45) is 0 Å². The van der Waals surface area contributed by atoms with Gasteiger partial charge in [0.1, 0.15) is 0 Å². The number of amides is 2. The molecule has 0 saturated heterocycles. The molecule has 1 aliphatic rings. The number of nitrogens with zero attached hydrogens (tertiary/aromatic N) is 1. The number of carbonyl (C=O) groups excluding carboxylic acids is 2. The van der Waals surface area contributed by atoms with E-state index < -0.39 is 17.4 Å². The molecule has 1 saturated carbocycles. The van der Waals surface area contributed by atoms with E-state index >= 15 is 0 Å². The number of nitrogens with one attached hydrogen (secondary N) is 2. The fraction of sp³-hybridized carbons (Fsp3) is 0.474. The molecule has 1 heterocycles. The first kappa shape index (κ1) is 17.5. The van der Waals surface area contributed by atoms with E-state index in [0.29, 0.717) is 18.5 Å². The van der Waals surface area contributed by atoms with Gasteiger partial charge in [0.2, 0.25) is 0 Å². The number of aromatic nitrogens is 1. The zero-order valence-electron chi connectivity index (χ0n) is 14.5. The van der Waals surface area contributed by atoms with Crippen LogP contribution in [-0.4, -0.2) is 33.6 Å². The largest absolute Gasteiger partial charge is 0.388 e. The Balaban J connectivity index is 1.60. The average Bonchev–Trinajstić information content (AvgIpc) is 3.20. The zero-order valence-corrected chi connectivity index (χ0v) is 14.5. The molecule has 0 unspecified atom stereocenters. The van der Waals surface area contributed by atoms with Crippen molar-refractivity contribution in [2.45, 2.75) is 51.2 Å². The van der Waals surface area contributed by atoms with E-state index in [-0.39, 0.29) is 6.54 Å².